The fourth-order valence-corrected chi connectivity index (χ4v) is 1.35. The van der Waals surface area contributed by atoms with E-state index in [-0.39, 0.29) is 5.92 Å². The molecule has 0 bridgehead atoms. The summed E-state index contributed by atoms with van der Waals surface area (Å²) < 4.78 is 5.16. The van der Waals surface area contributed by atoms with Crippen LogP contribution in [0.4, 0.5) is 0 Å². The van der Waals surface area contributed by atoms with E-state index in [1.165, 1.54) is 12.8 Å². The van der Waals surface area contributed by atoms with E-state index in [0.717, 1.165) is 12.0 Å². The first-order valence-electron chi connectivity index (χ1n) is 3.90. The highest BCUT2D eigenvalue weighted by Crippen LogP contribution is 2.41. The lowest BCUT2D eigenvalue weighted by Gasteiger charge is -2.02. The normalized spacial score (nSPS) is 19.6. The molecule has 1 atom stereocenters. The van der Waals surface area contributed by atoms with E-state index in [2.05, 4.69) is 0 Å². The van der Waals surface area contributed by atoms with Gasteiger partial charge in [0.1, 0.15) is 12.0 Å². The van der Waals surface area contributed by atoms with Crippen LogP contribution in [0.3, 0.4) is 0 Å². The largest absolute Gasteiger partial charge is 0.469 e. The molecule has 0 radical (unpaired) electrons. The molecule has 1 heterocycles. The van der Waals surface area contributed by atoms with Gasteiger partial charge in [0, 0.05) is 0 Å². The molecule has 1 aliphatic rings. The Kier molecular flexibility index (Phi) is 1.53. The second-order valence-corrected chi connectivity index (χ2v) is 3.01. The first-order valence-corrected chi connectivity index (χ1v) is 3.90. The average Bonchev–Trinajstić information content (AvgIpc) is 2.68. The molecule has 2 rings (SSSR count). The standard InChI is InChI=1S/C9H10O2/c10-6-8(7-3-4-7)9-2-1-5-11-9/h1-2,5-8H,3-4H2. The summed E-state index contributed by atoms with van der Waals surface area (Å²) in [6, 6.07) is 3.70. The SMILES string of the molecule is O=CC(c1ccco1)C1CC1. The number of hydrogen-bond donors (Lipinski definition) is 0. The van der Waals surface area contributed by atoms with Crippen LogP contribution in [0.2, 0.25) is 0 Å². The van der Waals surface area contributed by atoms with Crippen LogP contribution in [0.5, 0.6) is 0 Å². The zero-order chi connectivity index (χ0) is 7.68. The molecular formula is C9H10O2. The maximum absolute atomic E-state index is 10.6. The predicted octanol–water partition coefficient (Wildman–Crippen LogP) is 1.97. The molecule has 1 unspecified atom stereocenters. The Morgan fingerprint density at radius 3 is 2.91 bits per heavy atom. The third kappa shape index (κ3) is 1.20. The van der Waals surface area contributed by atoms with Gasteiger partial charge in [-0.05, 0) is 30.9 Å². The molecule has 58 valence electrons. The zero-order valence-corrected chi connectivity index (χ0v) is 6.19. The summed E-state index contributed by atoms with van der Waals surface area (Å²) in [5.41, 5.74) is 0. The third-order valence-electron chi connectivity index (χ3n) is 2.15. The monoisotopic (exact) mass is 150 g/mol. The molecule has 0 spiro atoms. The van der Waals surface area contributed by atoms with Gasteiger partial charge < -0.3 is 9.21 Å². The number of rotatable bonds is 3. The minimum atomic E-state index is 0.0185. The van der Waals surface area contributed by atoms with Crippen molar-refractivity contribution < 1.29 is 9.21 Å². The Hall–Kier alpha value is -1.05. The van der Waals surface area contributed by atoms with E-state index in [4.69, 9.17) is 4.42 Å². The first-order chi connectivity index (χ1) is 5.42. The molecule has 0 aliphatic heterocycles. The number of carbonyl (C=O) groups is 1. The van der Waals surface area contributed by atoms with Gasteiger partial charge in [-0.15, -0.1) is 0 Å². The summed E-state index contributed by atoms with van der Waals surface area (Å²) >= 11 is 0. The molecule has 0 saturated heterocycles. The summed E-state index contributed by atoms with van der Waals surface area (Å²) in [4.78, 5) is 10.6. The highest BCUT2D eigenvalue weighted by Gasteiger charge is 2.33. The van der Waals surface area contributed by atoms with E-state index in [0.29, 0.717) is 5.92 Å². The van der Waals surface area contributed by atoms with Crippen LogP contribution in [0.1, 0.15) is 24.5 Å². The summed E-state index contributed by atoms with van der Waals surface area (Å²) in [6.07, 6.45) is 4.96. The second kappa shape index (κ2) is 2.53. The molecule has 0 N–H and O–H groups in total. The Balaban J connectivity index is 2.17. The number of aldehydes is 1. The van der Waals surface area contributed by atoms with Crippen molar-refractivity contribution in [2.75, 3.05) is 0 Å². The molecule has 0 amide bonds. The second-order valence-electron chi connectivity index (χ2n) is 3.01. The topological polar surface area (TPSA) is 30.2 Å². The Morgan fingerprint density at radius 1 is 1.64 bits per heavy atom. The third-order valence-corrected chi connectivity index (χ3v) is 2.15. The molecule has 1 aromatic rings. The lowest BCUT2D eigenvalue weighted by molar-refractivity contribution is -0.109. The van der Waals surface area contributed by atoms with Crippen molar-refractivity contribution in [3.8, 4) is 0 Å². The van der Waals surface area contributed by atoms with Crippen LogP contribution in [0.25, 0.3) is 0 Å². The summed E-state index contributed by atoms with van der Waals surface area (Å²) in [5, 5.41) is 0. The van der Waals surface area contributed by atoms with Crippen LogP contribution < -0.4 is 0 Å². The minimum Gasteiger partial charge on any atom is -0.469 e. The molecule has 1 fully saturated rings. The van der Waals surface area contributed by atoms with E-state index < -0.39 is 0 Å². The molecular weight excluding hydrogens is 140 g/mol. The Bertz CT molecular complexity index is 234. The predicted molar refractivity (Wildman–Crippen MR) is 40.2 cm³/mol. The van der Waals surface area contributed by atoms with E-state index in [9.17, 15) is 4.79 Å². The number of carbonyl (C=O) groups excluding carboxylic acids is 1. The van der Waals surface area contributed by atoms with E-state index >= 15 is 0 Å². The van der Waals surface area contributed by atoms with Gasteiger partial charge in [-0.25, -0.2) is 0 Å². The summed E-state index contributed by atoms with van der Waals surface area (Å²) in [7, 11) is 0. The zero-order valence-electron chi connectivity index (χ0n) is 6.19. The van der Waals surface area contributed by atoms with E-state index in [1.807, 2.05) is 12.1 Å². The van der Waals surface area contributed by atoms with Gasteiger partial charge in [0.05, 0.1) is 12.2 Å². The van der Waals surface area contributed by atoms with Crippen molar-refractivity contribution in [3.05, 3.63) is 24.2 Å². The lowest BCUT2D eigenvalue weighted by Crippen LogP contribution is -2.00. The molecule has 0 aromatic carbocycles. The molecule has 11 heavy (non-hydrogen) atoms. The van der Waals surface area contributed by atoms with Crippen molar-refractivity contribution >= 4 is 6.29 Å². The minimum absolute atomic E-state index is 0.0185. The Morgan fingerprint density at radius 2 is 2.45 bits per heavy atom. The molecule has 1 saturated carbocycles. The van der Waals surface area contributed by atoms with Gasteiger partial charge in [-0.2, -0.15) is 0 Å². The Labute approximate surface area is 65.2 Å². The van der Waals surface area contributed by atoms with Gasteiger partial charge in [0.2, 0.25) is 0 Å². The van der Waals surface area contributed by atoms with Crippen LogP contribution in [0.15, 0.2) is 22.8 Å². The molecule has 1 aliphatic carbocycles. The van der Waals surface area contributed by atoms with Crippen molar-refractivity contribution in [1.29, 1.82) is 0 Å². The summed E-state index contributed by atoms with van der Waals surface area (Å²) in [6.45, 7) is 0. The van der Waals surface area contributed by atoms with Crippen LogP contribution in [-0.2, 0) is 4.79 Å². The fraction of sp³-hybridized carbons (Fsp3) is 0.444. The first kappa shape index (κ1) is 6.65. The van der Waals surface area contributed by atoms with Crippen LogP contribution in [0, 0.1) is 5.92 Å². The van der Waals surface area contributed by atoms with Crippen LogP contribution >= 0.6 is 0 Å². The summed E-state index contributed by atoms with van der Waals surface area (Å²) in [5.74, 6) is 1.39. The van der Waals surface area contributed by atoms with Gasteiger partial charge in [0.15, 0.2) is 0 Å². The number of furan rings is 1. The molecule has 1 aromatic heterocycles. The van der Waals surface area contributed by atoms with Gasteiger partial charge in [-0.3, -0.25) is 0 Å². The highest BCUT2D eigenvalue weighted by molar-refractivity contribution is 5.61. The number of hydrogen-bond acceptors (Lipinski definition) is 2. The van der Waals surface area contributed by atoms with E-state index in [1.54, 1.807) is 6.26 Å². The maximum atomic E-state index is 10.6. The molecule has 2 nitrogen and oxygen atoms in total. The quantitative estimate of drug-likeness (QED) is 0.616. The average molecular weight is 150 g/mol. The van der Waals surface area contributed by atoms with Gasteiger partial charge in [-0.1, -0.05) is 0 Å². The fourth-order valence-electron chi connectivity index (χ4n) is 1.35. The van der Waals surface area contributed by atoms with Crippen molar-refractivity contribution in [3.63, 3.8) is 0 Å². The van der Waals surface area contributed by atoms with Gasteiger partial charge >= 0.3 is 0 Å². The van der Waals surface area contributed by atoms with Crippen molar-refractivity contribution in [2.45, 2.75) is 18.8 Å². The smallest absolute Gasteiger partial charge is 0.130 e. The maximum Gasteiger partial charge on any atom is 0.130 e. The van der Waals surface area contributed by atoms with Gasteiger partial charge in [0.25, 0.3) is 0 Å². The molecule has 2 heteroatoms. The highest BCUT2D eigenvalue weighted by atomic mass is 16.3. The van der Waals surface area contributed by atoms with Crippen molar-refractivity contribution in [2.24, 2.45) is 5.92 Å². The lowest BCUT2D eigenvalue weighted by atomic mass is 10.0. The van der Waals surface area contributed by atoms with Crippen molar-refractivity contribution in [1.82, 2.24) is 0 Å². The van der Waals surface area contributed by atoms with Crippen LogP contribution in [-0.4, -0.2) is 6.29 Å².